The molecule has 21 heavy (non-hydrogen) atoms. The van der Waals surface area contributed by atoms with Crippen LogP contribution in [-0.4, -0.2) is 39.9 Å². The number of amides is 1. The first-order chi connectivity index (χ1) is 10.1. The molecule has 0 spiro atoms. The van der Waals surface area contributed by atoms with Crippen LogP contribution < -0.4 is 14.8 Å². The van der Waals surface area contributed by atoms with E-state index in [1.807, 2.05) is 6.92 Å². The number of allylic oxidation sites excluding steroid dienone is 1. The fraction of sp³-hybridized carbons (Fsp3) is 0.438. The van der Waals surface area contributed by atoms with E-state index in [1.54, 1.807) is 39.5 Å². The number of nitrogens with one attached hydrogen (secondary N) is 1. The maximum absolute atomic E-state index is 12.3. The van der Waals surface area contributed by atoms with Crippen LogP contribution in [0.5, 0.6) is 11.5 Å². The minimum Gasteiger partial charge on any atom is -0.493 e. The highest BCUT2D eigenvalue weighted by Gasteiger charge is 2.16. The van der Waals surface area contributed by atoms with Gasteiger partial charge in [-0.15, -0.1) is 6.58 Å². The van der Waals surface area contributed by atoms with Crippen LogP contribution in [0.2, 0.25) is 0 Å². The Labute approximate surface area is 125 Å². The molecule has 1 aromatic carbocycles. The standard InChI is InChI=1S/C16H23NO4/c1-6-7-12-8-13(9-14(20-4)15(12)21-5)16(18)17-11(2)10-19-3/h6,8-9,11H,1,7,10H2,2-5H3,(H,17,18)/t11-/m0/s1. The molecule has 0 saturated carbocycles. The van der Waals surface area contributed by atoms with Gasteiger partial charge in [-0.1, -0.05) is 6.08 Å². The molecule has 0 aliphatic heterocycles. The summed E-state index contributed by atoms with van der Waals surface area (Å²) < 4.78 is 15.7. The molecule has 0 bridgehead atoms. The first kappa shape index (κ1) is 17.0. The van der Waals surface area contributed by atoms with E-state index in [0.29, 0.717) is 30.1 Å². The van der Waals surface area contributed by atoms with Gasteiger partial charge in [-0.25, -0.2) is 0 Å². The molecule has 1 atom stereocenters. The molecule has 116 valence electrons. The van der Waals surface area contributed by atoms with Gasteiger partial charge in [0, 0.05) is 24.3 Å². The van der Waals surface area contributed by atoms with E-state index in [9.17, 15) is 4.79 Å². The van der Waals surface area contributed by atoms with Crippen molar-refractivity contribution in [2.75, 3.05) is 27.9 Å². The number of benzene rings is 1. The van der Waals surface area contributed by atoms with E-state index in [1.165, 1.54) is 0 Å². The Morgan fingerprint density at radius 1 is 1.33 bits per heavy atom. The lowest BCUT2D eigenvalue weighted by Crippen LogP contribution is -2.35. The summed E-state index contributed by atoms with van der Waals surface area (Å²) in [5.41, 5.74) is 1.38. The number of carbonyl (C=O) groups is 1. The lowest BCUT2D eigenvalue weighted by molar-refractivity contribution is 0.0905. The van der Waals surface area contributed by atoms with Crippen LogP contribution in [-0.2, 0) is 11.2 Å². The second-order valence-corrected chi connectivity index (χ2v) is 4.69. The Balaban J connectivity index is 3.09. The molecule has 0 aromatic heterocycles. The third-order valence-electron chi connectivity index (χ3n) is 2.98. The second-order valence-electron chi connectivity index (χ2n) is 4.69. The van der Waals surface area contributed by atoms with Crippen molar-refractivity contribution in [1.29, 1.82) is 0 Å². The van der Waals surface area contributed by atoms with E-state index in [2.05, 4.69) is 11.9 Å². The average molecular weight is 293 g/mol. The zero-order valence-electron chi connectivity index (χ0n) is 13.1. The predicted molar refractivity (Wildman–Crippen MR) is 82.3 cm³/mol. The largest absolute Gasteiger partial charge is 0.493 e. The zero-order chi connectivity index (χ0) is 15.8. The molecule has 0 saturated heterocycles. The highest BCUT2D eigenvalue weighted by atomic mass is 16.5. The van der Waals surface area contributed by atoms with Crippen molar-refractivity contribution in [3.05, 3.63) is 35.9 Å². The van der Waals surface area contributed by atoms with Crippen LogP contribution in [0.1, 0.15) is 22.8 Å². The van der Waals surface area contributed by atoms with Gasteiger partial charge in [0.1, 0.15) is 0 Å². The summed E-state index contributed by atoms with van der Waals surface area (Å²) in [5, 5.41) is 2.87. The van der Waals surface area contributed by atoms with Gasteiger partial charge in [0.05, 0.1) is 20.8 Å². The van der Waals surface area contributed by atoms with Gasteiger partial charge in [0.25, 0.3) is 5.91 Å². The van der Waals surface area contributed by atoms with Crippen LogP contribution in [0.3, 0.4) is 0 Å². The topological polar surface area (TPSA) is 56.8 Å². The van der Waals surface area contributed by atoms with E-state index >= 15 is 0 Å². The van der Waals surface area contributed by atoms with Gasteiger partial charge in [-0.3, -0.25) is 4.79 Å². The Bertz CT molecular complexity index is 499. The Morgan fingerprint density at radius 3 is 2.57 bits per heavy atom. The molecule has 0 aliphatic carbocycles. The number of hydrogen-bond donors (Lipinski definition) is 1. The van der Waals surface area contributed by atoms with Crippen molar-refractivity contribution >= 4 is 5.91 Å². The quantitative estimate of drug-likeness (QED) is 0.747. The first-order valence-electron chi connectivity index (χ1n) is 6.72. The molecule has 0 radical (unpaired) electrons. The normalized spacial score (nSPS) is 11.6. The summed E-state index contributed by atoms with van der Waals surface area (Å²) in [6.07, 6.45) is 2.35. The number of ether oxygens (including phenoxy) is 3. The molecule has 1 rings (SSSR count). The summed E-state index contributed by atoms with van der Waals surface area (Å²) in [6.45, 7) is 6.06. The minimum atomic E-state index is -0.175. The van der Waals surface area contributed by atoms with Crippen molar-refractivity contribution in [3.63, 3.8) is 0 Å². The van der Waals surface area contributed by atoms with E-state index in [0.717, 1.165) is 5.56 Å². The number of carbonyl (C=O) groups excluding carboxylic acids is 1. The van der Waals surface area contributed by atoms with E-state index < -0.39 is 0 Å². The Kier molecular flexibility index (Phi) is 6.75. The second kappa shape index (κ2) is 8.32. The van der Waals surface area contributed by atoms with Crippen LogP contribution in [0, 0.1) is 0 Å². The molecule has 1 aromatic rings. The highest BCUT2D eigenvalue weighted by molar-refractivity contribution is 5.95. The fourth-order valence-electron chi connectivity index (χ4n) is 2.08. The third-order valence-corrected chi connectivity index (χ3v) is 2.98. The number of methoxy groups -OCH3 is 3. The Hall–Kier alpha value is -2.01. The predicted octanol–water partition coefficient (Wildman–Crippen LogP) is 2.20. The summed E-state index contributed by atoms with van der Waals surface area (Å²) in [7, 11) is 4.72. The van der Waals surface area contributed by atoms with Gasteiger partial charge in [-0.2, -0.15) is 0 Å². The van der Waals surface area contributed by atoms with Crippen molar-refractivity contribution in [3.8, 4) is 11.5 Å². The summed E-state index contributed by atoms with van der Waals surface area (Å²) >= 11 is 0. The van der Waals surface area contributed by atoms with Gasteiger partial charge in [0.2, 0.25) is 0 Å². The third kappa shape index (κ3) is 4.49. The minimum absolute atomic E-state index is 0.0709. The molecule has 5 nitrogen and oxygen atoms in total. The molecule has 5 heteroatoms. The highest BCUT2D eigenvalue weighted by Crippen LogP contribution is 2.33. The average Bonchev–Trinajstić information content (AvgIpc) is 2.46. The van der Waals surface area contributed by atoms with Crippen molar-refractivity contribution in [2.24, 2.45) is 0 Å². The summed E-state index contributed by atoms with van der Waals surface area (Å²) in [4.78, 5) is 12.3. The van der Waals surface area contributed by atoms with Gasteiger partial charge in [0.15, 0.2) is 11.5 Å². The van der Waals surface area contributed by atoms with Crippen LogP contribution in [0.4, 0.5) is 0 Å². The molecule has 1 amide bonds. The lowest BCUT2D eigenvalue weighted by atomic mass is 10.0. The van der Waals surface area contributed by atoms with Gasteiger partial charge in [-0.05, 0) is 25.5 Å². The van der Waals surface area contributed by atoms with E-state index in [4.69, 9.17) is 14.2 Å². The fourth-order valence-corrected chi connectivity index (χ4v) is 2.08. The van der Waals surface area contributed by atoms with Crippen LogP contribution in [0.25, 0.3) is 0 Å². The van der Waals surface area contributed by atoms with Crippen molar-refractivity contribution < 1.29 is 19.0 Å². The van der Waals surface area contributed by atoms with Gasteiger partial charge < -0.3 is 19.5 Å². The zero-order valence-corrected chi connectivity index (χ0v) is 13.1. The van der Waals surface area contributed by atoms with Crippen molar-refractivity contribution in [1.82, 2.24) is 5.32 Å². The molecule has 0 unspecified atom stereocenters. The van der Waals surface area contributed by atoms with Crippen molar-refractivity contribution in [2.45, 2.75) is 19.4 Å². The summed E-state index contributed by atoms with van der Waals surface area (Å²) in [6, 6.07) is 3.39. The molecule has 0 heterocycles. The molecule has 1 N–H and O–H groups in total. The molecular weight excluding hydrogens is 270 g/mol. The number of hydrogen-bond acceptors (Lipinski definition) is 4. The summed E-state index contributed by atoms with van der Waals surface area (Å²) in [5.74, 6) is 0.978. The van der Waals surface area contributed by atoms with Crippen LogP contribution >= 0.6 is 0 Å². The van der Waals surface area contributed by atoms with Crippen LogP contribution in [0.15, 0.2) is 24.8 Å². The maximum Gasteiger partial charge on any atom is 0.251 e. The Morgan fingerprint density at radius 2 is 2.05 bits per heavy atom. The molecule has 0 fully saturated rings. The van der Waals surface area contributed by atoms with E-state index in [-0.39, 0.29) is 11.9 Å². The lowest BCUT2D eigenvalue weighted by Gasteiger charge is -2.16. The molecule has 0 aliphatic rings. The molecular formula is C16H23NO4. The maximum atomic E-state index is 12.3. The monoisotopic (exact) mass is 293 g/mol. The first-order valence-corrected chi connectivity index (χ1v) is 6.72. The van der Waals surface area contributed by atoms with Gasteiger partial charge >= 0.3 is 0 Å². The smallest absolute Gasteiger partial charge is 0.251 e. The number of rotatable bonds is 8. The SMILES string of the molecule is C=CCc1cc(C(=O)N[C@@H](C)COC)cc(OC)c1OC.